The third kappa shape index (κ3) is 2.97. The monoisotopic (exact) mass is 213 g/mol. The van der Waals surface area contributed by atoms with E-state index in [1.54, 1.807) is 0 Å². The average Bonchev–Trinajstić information content (AvgIpc) is 2.17. The van der Waals surface area contributed by atoms with Gasteiger partial charge in [0, 0.05) is 6.54 Å². The summed E-state index contributed by atoms with van der Waals surface area (Å²) in [4.78, 5) is 27.6. The zero-order valence-corrected chi connectivity index (χ0v) is 8.11. The molecule has 1 heterocycles. The van der Waals surface area contributed by atoms with Crippen molar-refractivity contribution < 1.29 is 14.6 Å². The van der Waals surface area contributed by atoms with E-state index < -0.39 is 11.5 Å². The van der Waals surface area contributed by atoms with E-state index in [0.29, 0.717) is 0 Å². The van der Waals surface area contributed by atoms with E-state index in [1.807, 2.05) is 0 Å². The topological polar surface area (TPSA) is 104 Å². The molecule has 0 atom stereocenters. The number of hydrogen-bond donors (Lipinski definition) is 3. The zero-order valence-electron chi connectivity index (χ0n) is 8.11. The molecule has 0 bridgehead atoms. The van der Waals surface area contributed by atoms with Crippen LogP contribution in [0.1, 0.15) is 6.42 Å². The molecule has 1 aromatic rings. The smallest absolute Gasteiger partial charge is 0.305 e. The van der Waals surface area contributed by atoms with Crippen molar-refractivity contribution in [1.82, 2.24) is 9.97 Å². The van der Waals surface area contributed by atoms with E-state index in [4.69, 9.17) is 9.84 Å². The van der Waals surface area contributed by atoms with Crippen LogP contribution in [0.2, 0.25) is 0 Å². The Kier molecular flexibility index (Phi) is 3.67. The number of carbonyl (C=O) groups is 1. The van der Waals surface area contributed by atoms with Crippen molar-refractivity contribution >= 4 is 11.8 Å². The molecule has 7 nitrogen and oxygen atoms in total. The Bertz CT molecular complexity index is 401. The van der Waals surface area contributed by atoms with E-state index in [-0.39, 0.29) is 24.5 Å². The van der Waals surface area contributed by atoms with Gasteiger partial charge in [0.25, 0.3) is 5.56 Å². The molecule has 0 aliphatic carbocycles. The second-order valence-corrected chi connectivity index (χ2v) is 2.68. The van der Waals surface area contributed by atoms with Crippen molar-refractivity contribution in [2.75, 3.05) is 19.0 Å². The minimum absolute atomic E-state index is 0.0443. The van der Waals surface area contributed by atoms with Crippen LogP contribution in [0.15, 0.2) is 11.1 Å². The predicted molar refractivity (Wildman–Crippen MR) is 52.2 cm³/mol. The average molecular weight is 213 g/mol. The minimum atomic E-state index is -0.925. The minimum Gasteiger partial charge on any atom is -0.489 e. The van der Waals surface area contributed by atoms with E-state index in [2.05, 4.69) is 15.3 Å². The van der Waals surface area contributed by atoms with Crippen LogP contribution < -0.4 is 15.6 Å². The van der Waals surface area contributed by atoms with Crippen molar-refractivity contribution in [1.29, 1.82) is 0 Å². The fourth-order valence-electron chi connectivity index (χ4n) is 0.990. The molecule has 0 aromatic carbocycles. The SMILES string of the molecule is COc1c(NCCC(=O)O)nc[nH]c1=O. The molecule has 1 aromatic heterocycles. The summed E-state index contributed by atoms with van der Waals surface area (Å²) in [5.41, 5.74) is -0.412. The Morgan fingerprint density at radius 1 is 1.73 bits per heavy atom. The van der Waals surface area contributed by atoms with E-state index in [0.717, 1.165) is 0 Å². The zero-order chi connectivity index (χ0) is 11.3. The predicted octanol–water partition coefficient (Wildman–Crippen LogP) is -0.335. The summed E-state index contributed by atoms with van der Waals surface area (Å²) in [6.45, 7) is 0.183. The van der Waals surface area contributed by atoms with Crippen LogP contribution in [-0.4, -0.2) is 34.7 Å². The number of nitrogens with zero attached hydrogens (tertiary/aromatic N) is 1. The number of rotatable bonds is 5. The molecule has 0 saturated carbocycles. The molecule has 0 unspecified atom stereocenters. The number of aromatic amines is 1. The van der Waals surface area contributed by atoms with Crippen LogP contribution in [0.3, 0.4) is 0 Å². The lowest BCUT2D eigenvalue weighted by Gasteiger charge is -2.06. The van der Waals surface area contributed by atoms with Gasteiger partial charge in [-0.05, 0) is 0 Å². The molecule has 3 N–H and O–H groups in total. The molecule has 15 heavy (non-hydrogen) atoms. The fraction of sp³-hybridized carbons (Fsp3) is 0.375. The maximum Gasteiger partial charge on any atom is 0.305 e. The summed E-state index contributed by atoms with van der Waals surface area (Å²) >= 11 is 0. The van der Waals surface area contributed by atoms with Gasteiger partial charge in [0.1, 0.15) is 0 Å². The number of nitrogens with one attached hydrogen (secondary N) is 2. The van der Waals surface area contributed by atoms with Gasteiger partial charge in [-0.1, -0.05) is 0 Å². The van der Waals surface area contributed by atoms with Crippen molar-refractivity contribution in [2.24, 2.45) is 0 Å². The van der Waals surface area contributed by atoms with Crippen LogP contribution in [0.5, 0.6) is 5.75 Å². The number of aliphatic carboxylic acids is 1. The molecule has 0 aliphatic heterocycles. The maximum atomic E-state index is 11.2. The van der Waals surface area contributed by atoms with Gasteiger partial charge in [0.2, 0.25) is 5.75 Å². The van der Waals surface area contributed by atoms with Gasteiger partial charge in [0.05, 0.1) is 19.9 Å². The van der Waals surface area contributed by atoms with Crippen LogP contribution in [-0.2, 0) is 4.79 Å². The first-order valence-electron chi connectivity index (χ1n) is 4.22. The summed E-state index contributed by atoms with van der Waals surface area (Å²) in [6.07, 6.45) is 1.16. The van der Waals surface area contributed by atoms with Gasteiger partial charge in [-0.2, -0.15) is 0 Å². The Balaban J connectivity index is 2.72. The summed E-state index contributed by atoms with van der Waals surface area (Å²) in [6, 6.07) is 0. The quantitative estimate of drug-likeness (QED) is 0.618. The van der Waals surface area contributed by atoms with Gasteiger partial charge in [-0.3, -0.25) is 9.59 Å². The molecule has 7 heteroatoms. The summed E-state index contributed by atoms with van der Waals surface area (Å²) in [5.74, 6) is -0.642. The first-order chi connectivity index (χ1) is 7.15. The number of hydrogen-bond acceptors (Lipinski definition) is 5. The fourth-order valence-corrected chi connectivity index (χ4v) is 0.990. The standard InChI is InChI=1S/C8H11N3O4/c1-15-6-7(9-3-2-5(12)13)10-4-11-8(6)14/h4H,2-3H2,1H3,(H,12,13)(H2,9,10,11,14). The third-order valence-corrected chi connectivity index (χ3v) is 1.65. The van der Waals surface area contributed by atoms with Crippen molar-refractivity contribution in [3.8, 4) is 5.75 Å². The largest absolute Gasteiger partial charge is 0.489 e. The Morgan fingerprint density at radius 3 is 3.07 bits per heavy atom. The Morgan fingerprint density at radius 2 is 2.47 bits per heavy atom. The van der Waals surface area contributed by atoms with Crippen molar-refractivity contribution in [3.63, 3.8) is 0 Å². The van der Waals surface area contributed by atoms with Gasteiger partial charge < -0.3 is 20.1 Å². The van der Waals surface area contributed by atoms with Crippen LogP contribution in [0, 0.1) is 0 Å². The molecule has 0 aliphatic rings. The van der Waals surface area contributed by atoms with E-state index >= 15 is 0 Å². The number of carboxylic acids is 1. The lowest BCUT2D eigenvalue weighted by atomic mass is 10.4. The second-order valence-electron chi connectivity index (χ2n) is 2.68. The molecule has 0 spiro atoms. The number of carboxylic acid groups (broad SMARTS) is 1. The summed E-state index contributed by atoms with van der Waals surface area (Å²) < 4.78 is 4.82. The number of anilines is 1. The lowest BCUT2D eigenvalue weighted by Crippen LogP contribution is -2.15. The molecule has 0 fully saturated rings. The normalized spacial score (nSPS) is 9.67. The Labute approximate surface area is 85.1 Å². The maximum absolute atomic E-state index is 11.2. The third-order valence-electron chi connectivity index (χ3n) is 1.65. The molecule has 0 amide bonds. The molecule has 0 radical (unpaired) electrons. The van der Waals surface area contributed by atoms with Gasteiger partial charge in [-0.15, -0.1) is 0 Å². The number of methoxy groups -OCH3 is 1. The second kappa shape index (κ2) is 4.99. The highest BCUT2D eigenvalue weighted by Gasteiger charge is 2.08. The van der Waals surface area contributed by atoms with Crippen LogP contribution in [0.4, 0.5) is 5.82 Å². The lowest BCUT2D eigenvalue weighted by molar-refractivity contribution is -0.136. The highest BCUT2D eigenvalue weighted by atomic mass is 16.5. The van der Waals surface area contributed by atoms with Crippen molar-refractivity contribution in [2.45, 2.75) is 6.42 Å². The van der Waals surface area contributed by atoms with Crippen molar-refractivity contribution in [3.05, 3.63) is 16.7 Å². The van der Waals surface area contributed by atoms with E-state index in [1.165, 1.54) is 13.4 Å². The molecule has 1 rings (SSSR count). The molecule has 82 valence electrons. The molecule has 0 saturated heterocycles. The number of H-pyrrole nitrogens is 1. The molecular formula is C8H11N3O4. The first kappa shape index (κ1) is 11.0. The number of ether oxygens (including phenoxy) is 1. The van der Waals surface area contributed by atoms with Gasteiger partial charge >= 0.3 is 5.97 Å². The van der Waals surface area contributed by atoms with Crippen LogP contribution in [0.25, 0.3) is 0 Å². The van der Waals surface area contributed by atoms with Crippen LogP contribution >= 0.6 is 0 Å². The Hall–Kier alpha value is -2.05. The van der Waals surface area contributed by atoms with E-state index in [9.17, 15) is 9.59 Å². The number of aromatic nitrogens is 2. The van der Waals surface area contributed by atoms with Gasteiger partial charge in [0.15, 0.2) is 5.82 Å². The summed E-state index contributed by atoms with van der Waals surface area (Å²) in [7, 11) is 1.34. The summed E-state index contributed by atoms with van der Waals surface area (Å²) in [5, 5.41) is 11.1. The highest BCUT2D eigenvalue weighted by Crippen LogP contribution is 2.13. The molecular weight excluding hydrogens is 202 g/mol. The first-order valence-corrected chi connectivity index (χ1v) is 4.22. The van der Waals surface area contributed by atoms with Gasteiger partial charge in [-0.25, -0.2) is 4.98 Å². The highest BCUT2D eigenvalue weighted by molar-refractivity contribution is 5.67.